The molecule has 128 valence electrons. The van der Waals surface area contributed by atoms with Crippen LogP contribution in [-0.2, 0) is 0 Å². The first-order valence-corrected chi connectivity index (χ1v) is 8.53. The van der Waals surface area contributed by atoms with Gasteiger partial charge in [0.1, 0.15) is 0 Å². The summed E-state index contributed by atoms with van der Waals surface area (Å²) in [5.41, 5.74) is 1.84. The number of nitrogens with one attached hydrogen (secondary N) is 2. The quantitative estimate of drug-likeness (QED) is 0.902. The minimum Gasteiger partial charge on any atom is -0.381 e. The zero-order chi connectivity index (χ0) is 16.9. The molecule has 6 heteroatoms. The van der Waals surface area contributed by atoms with E-state index >= 15 is 0 Å². The number of anilines is 2. The van der Waals surface area contributed by atoms with E-state index in [1.54, 1.807) is 6.20 Å². The van der Waals surface area contributed by atoms with Crippen molar-refractivity contribution in [1.82, 2.24) is 14.7 Å². The van der Waals surface area contributed by atoms with Crippen LogP contribution in [0.4, 0.5) is 16.2 Å². The molecule has 1 atom stereocenters. The van der Waals surface area contributed by atoms with E-state index in [9.17, 15) is 4.79 Å². The number of carbonyl (C=O) groups excluding carboxylic acids is 1. The van der Waals surface area contributed by atoms with Crippen LogP contribution in [0.1, 0.15) is 32.7 Å². The van der Waals surface area contributed by atoms with E-state index in [1.165, 1.54) is 0 Å². The van der Waals surface area contributed by atoms with Gasteiger partial charge in [0.05, 0.1) is 11.9 Å². The maximum atomic E-state index is 12.5. The molecular formula is C18H25N5O. The van der Waals surface area contributed by atoms with Crippen LogP contribution in [0, 0.1) is 0 Å². The molecule has 0 bridgehead atoms. The lowest BCUT2D eigenvalue weighted by Gasteiger charge is -2.33. The largest absolute Gasteiger partial charge is 0.381 e. The highest BCUT2D eigenvalue weighted by atomic mass is 16.2. The number of urea groups is 1. The Morgan fingerprint density at radius 3 is 2.75 bits per heavy atom. The first-order chi connectivity index (χ1) is 11.6. The zero-order valence-electron chi connectivity index (χ0n) is 14.3. The molecule has 6 nitrogen and oxygen atoms in total. The molecule has 0 spiro atoms. The summed E-state index contributed by atoms with van der Waals surface area (Å²) >= 11 is 0. The number of benzene rings is 1. The summed E-state index contributed by atoms with van der Waals surface area (Å²) in [5, 5.41) is 10.7. The van der Waals surface area contributed by atoms with Gasteiger partial charge in [-0.3, -0.25) is 4.68 Å². The van der Waals surface area contributed by atoms with Gasteiger partial charge in [-0.15, -0.1) is 0 Å². The van der Waals surface area contributed by atoms with Crippen LogP contribution >= 0.6 is 0 Å². The van der Waals surface area contributed by atoms with E-state index in [4.69, 9.17) is 0 Å². The summed E-state index contributed by atoms with van der Waals surface area (Å²) in [4.78, 5) is 14.4. The SMILES string of the molecule is CC(C)n1cc(NC(=O)N2CCCC(Nc3ccccc3)C2)cn1. The third kappa shape index (κ3) is 4.07. The Kier molecular flexibility index (Phi) is 5.03. The van der Waals surface area contributed by atoms with Gasteiger partial charge in [0, 0.05) is 37.1 Å². The van der Waals surface area contributed by atoms with E-state index in [2.05, 4.69) is 41.7 Å². The highest BCUT2D eigenvalue weighted by Crippen LogP contribution is 2.17. The molecule has 3 rings (SSSR count). The molecule has 1 fully saturated rings. The minimum atomic E-state index is -0.0575. The van der Waals surface area contributed by atoms with Crippen LogP contribution in [0.2, 0.25) is 0 Å². The molecule has 2 aromatic rings. The summed E-state index contributed by atoms with van der Waals surface area (Å²) in [6.45, 7) is 5.61. The van der Waals surface area contributed by atoms with Gasteiger partial charge in [0.2, 0.25) is 0 Å². The second-order valence-electron chi connectivity index (χ2n) is 6.53. The first-order valence-electron chi connectivity index (χ1n) is 8.53. The van der Waals surface area contributed by atoms with Crippen molar-refractivity contribution in [3.63, 3.8) is 0 Å². The van der Waals surface area contributed by atoms with Gasteiger partial charge in [0.15, 0.2) is 0 Å². The van der Waals surface area contributed by atoms with Crippen LogP contribution < -0.4 is 10.6 Å². The van der Waals surface area contributed by atoms with E-state index in [0.717, 1.165) is 30.8 Å². The molecule has 0 radical (unpaired) electrons. The molecule has 1 unspecified atom stereocenters. The predicted molar refractivity (Wildman–Crippen MR) is 96.3 cm³/mol. The highest BCUT2D eigenvalue weighted by Gasteiger charge is 2.23. The Balaban J connectivity index is 1.56. The number of likely N-dealkylation sites (tertiary alicyclic amines) is 1. The molecule has 24 heavy (non-hydrogen) atoms. The standard InChI is InChI=1S/C18H25N5O/c1-14(2)23-13-17(11-19-23)21-18(24)22-10-6-9-16(12-22)20-15-7-4-3-5-8-15/h3-5,7-8,11,13-14,16,20H,6,9-10,12H2,1-2H3,(H,21,24). The van der Waals surface area contributed by atoms with Crippen molar-refractivity contribution in [2.75, 3.05) is 23.7 Å². The van der Waals surface area contributed by atoms with Crippen molar-refractivity contribution in [3.8, 4) is 0 Å². The summed E-state index contributed by atoms with van der Waals surface area (Å²) in [6.07, 6.45) is 5.64. The summed E-state index contributed by atoms with van der Waals surface area (Å²) < 4.78 is 1.84. The fourth-order valence-electron chi connectivity index (χ4n) is 2.94. The average Bonchev–Trinajstić information content (AvgIpc) is 3.05. The first kappa shape index (κ1) is 16.4. The number of amides is 2. The number of para-hydroxylation sites is 1. The molecule has 2 N–H and O–H groups in total. The highest BCUT2D eigenvalue weighted by molar-refractivity contribution is 5.89. The van der Waals surface area contributed by atoms with Crippen LogP contribution in [-0.4, -0.2) is 39.8 Å². The summed E-state index contributed by atoms with van der Waals surface area (Å²) in [7, 11) is 0. The zero-order valence-corrected chi connectivity index (χ0v) is 14.3. The number of hydrogen-bond donors (Lipinski definition) is 2. The predicted octanol–water partition coefficient (Wildman–Crippen LogP) is 3.57. The van der Waals surface area contributed by atoms with Gasteiger partial charge < -0.3 is 15.5 Å². The molecule has 0 saturated carbocycles. The molecule has 1 aromatic carbocycles. The van der Waals surface area contributed by atoms with Crippen LogP contribution in [0.15, 0.2) is 42.7 Å². The van der Waals surface area contributed by atoms with E-state index in [-0.39, 0.29) is 18.1 Å². The Morgan fingerprint density at radius 1 is 1.25 bits per heavy atom. The van der Waals surface area contributed by atoms with Crippen molar-refractivity contribution in [2.24, 2.45) is 0 Å². The summed E-state index contributed by atoms with van der Waals surface area (Å²) in [5.74, 6) is 0. The lowest BCUT2D eigenvalue weighted by molar-refractivity contribution is 0.196. The fraction of sp³-hybridized carbons (Fsp3) is 0.444. The fourth-order valence-corrected chi connectivity index (χ4v) is 2.94. The van der Waals surface area contributed by atoms with Gasteiger partial charge >= 0.3 is 6.03 Å². The topological polar surface area (TPSA) is 62.2 Å². The normalized spacial score (nSPS) is 17.8. The van der Waals surface area contributed by atoms with E-state index in [0.29, 0.717) is 6.54 Å². The van der Waals surface area contributed by atoms with Crippen molar-refractivity contribution in [3.05, 3.63) is 42.7 Å². The van der Waals surface area contributed by atoms with Crippen molar-refractivity contribution in [2.45, 2.75) is 38.8 Å². The second-order valence-corrected chi connectivity index (χ2v) is 6.53. The lowest BCUT2D eigenvalue weighted by atomic mass is 10.1. The van der Waals surface area contributed by atoms with Crippen molar-refractivity contribution >= 4 is 17.4 Å². The van der Waals surface area contributed by atoms with Crippen LogP contribution in [0.5, 0.6) is 0 Å². The van der Waals surface area contributed by atoms with E-state index < -0.39 is 0 Å². The number of nitrogens with zero attached hydrogens (tertiary/aromatic N) is 3. The molecule has 1 aliphatic heterocycles. The lowest BCUT2D eigenvalue weighted by Crippen LogP contribution is -2.46. The van der Waals surface area contributed by atoms with Crippen LogP contribution in [0.3, 0.4) is 0 Å². The second kappa shape index (κ2) is 7.38. The molecule has 1 aromatic heterocycles. The van der Waals surface area contributed by atoms with Gasteiger partial charge in [-0.1, -0.05) is 18.2 Å². The molecule has 2 heterocycles. The molecular weight excluding hydrogens is 302 g/mol. The Morgan fingerprint density at radius 2 is 2.04 bits per heavy atom. The maximum absolute atomic E-state index is 12.5. The van der Waals surface area contributed by atoms with Crippen LogP contribution in [0.25, 0.3) is 0 Å². The van der Waals surface area contributed by atoms with Crippen molar-refractivity contribution in [1.29, 1.82) is 0 Å². The Bertz CT molecular complexity index is 667. The number of rotatable bonds is 4. The molecule has 2 amide bonds. The minimum absolute atomic E-state index is 0.0575. The molecule has 1 saturated heterocycles. The number of aromatic nitrogens is 2. The van der Waals surface area contributed by atoms with Crippen molar-refractivity contribution < 1.29 is 4.79 Å². The van der Waals surface area contributed by atoms with Gasteiger partial charge in [-0.2, -0.15) is 5.10 Å². The number of carbonyl (C=O) groups is 1. The average molecular weight is 327 g/mol. The third-order valence-corrected chi connectivity index (χ3v) is 4.24. The number of hydrogen-bond acceptors (Lipinski definition) is 3. The Labute approximate surface area is 142 Å². The molecule has 0 aliphatic carbocycles. The van der Waals surface area contributed by atoms with Gasteiger partial charge in [-0.25, -0.2) is 4.79 Å². The Hall–Kier alpha value is -2.50. The summed E-state index contributed by atoms with van der Waals surface area (Å²) in [6, 6.07) is 10.7. The third-order valence-electron chi connectivity index (χ3n) is 4.24. The van der Waals surface area contributed by atoms with Gasteiger partial charge in [-0.05, 0) is 38.8 Å². The maximum Gasteiger partial charge on any atom is 0.322 e. The molecule has 1 aliphatic rings. The monoisotopic (exact) mass is 327 g/mol. The smallest absolute Gasteiger partial charge is 0.322 e. The van der Waals surface area contributed by atoms with Gasteiger partial charge in [0.25, 0.3) is 0 Å². The van der Waals surface area contributed by atoms with E-state index in [1.807, 2.05) is 34.0 Å². The number of piperidine rings is 1.